The van der Waals surface area contributed by atoms with Crippen LogP contribution in [0, 0.1) is 0 Å². The van der Waals surface area contributed by atoms with Crippen molar-refractivity contribution in [1.82, 2.24) is 25.7 Å². The summed E-state index contributed by atoms with van der Waals surface area (Å²) >= 11 is 6.54. The lowest BCUT2D eigenvalue weighted by molar-refractivity contribution is -0.116. The molecule has 1 unspecified atom stereocenters. The van der Waals surface area contributed by atoms with E-state index in [4.69, 9.17) is 22.1 Å². The van der Waals surface area contributed by atoms with Crippen LogP contribution in [0.3, 0.4) is 0 Å². The number of halogens is 1. The van der Waals surface area contributed by atoms with Gasteiger partial charge in [0.15, 0.2) is 5.82 Å². The third-order valence-electron chi connectivity index (χ3n) is 5.94. The molecule has 1 aliphatic rings. The van der Waals surface area contributed by atoms with Crippen LogP contribution >= 0.6 is 11.6 Å². The Labute approximate surface area is 229 Å². The van der Waals surface area contributed by atoms with E-state index in [2.05, 4.69) is 31.1 Å². The average Bonchev–Trinajstić information content (AvgIpc) is 3.39. The summed E-state index contributed by atoms with van der Waals surface area (Å²) < 4.78 is 6.00. The molecule has 3 heterocycles. The van der Waals surface area contributed by atoms with Gasteiger partial charge in [0.05, 0.1) is 17.8 Å². The van der Waals surface area contributed by atoms with Crippen LogP contribution in [0.2, 0.25) is 5.02 Å². The lowest BCUT2D eigenvalue weighted by Gasteiger charge is -2.11. The average molecular weight is 542 g/mol. The van der Waals surface area contributed by atoms with Crippen LogP contribution in [0.25, 0.3) is 17.2 Å². The molecule has 5 N–H and O–H groups in total. The molecule has 0 bridgehead atoms. The van der Waals surface area contributed by atoms with Gasteiger partial charge in [0.25, 0.3) is 5.91 Å². The Kier molecular flexibility index (Phi) is 7.65. The molecule has 0 spiro atoms. The second-order valence-corrected chi connectivity index (χ2v) is 9.14. The molecule has 11 heteroatoms. The van der Waals surface area contributed by atoms with Gasteiger partial charge in [0.2, 0.25) is 5.91 Å². The van der Waals surface area contributed by atoms with Crippen molar-refractivity contribution in [3.05, 3.63) is 101 Å². The van der Waals surface area contributed by atoms with E-state index in [9.17, 15) is 9.59 Å². The number of anilines is 2. The number of amides is 2. The van der Waals surface area contributed by atoms with Crippen molar-refractivity contribution in [2.45, 2.75) is 12.5 Å². The number of aromatic nitrogens is 3. The molecule has 1 aliphatic heterocycles. The van der Waals surface area contributed by atoms with Gasteiger partial charge in [-0.05, 0) is 59.2 Å². The van der Waals surface area contributed by atoms with Gasteiger partial charge in [-0.1, -0.05) is 23.7 Å². The molecular formula is C28H24ClN7O3. The lowest BCUT2D eigenvalue weighted by atomic mass is 10.00. The minimum Gasteiger partial charge on any atom is -0.486 e. The van der Waals surface area contributed by atoms with Gasteiger partial charge in [-0.3, -0.25) is 25.4 Å². The third-order valence-corrected chi connectivity index (χ3v) is 6.22. The smallest absolute Gasteiger partial charge is 0.269 e. The Morgan fingerprint density at radius 3 is 2.64 bits per heavy atom. The highest BCUT2D eigenvalue weighted by Gasteiger charge is 2.26. The van der Waals surface area contributed by atoms with E-state index in [-0.39, 0.29) is 17.9 Å². The summed E-state index contributed by atoms with van der Waals surface area (Å²) in [6.45, 7) is 0.329. The largest absolute Gasteiger partial charge is 0.486 e. The van der Waals surface area contributed by atoms with Crippen molar-refractivity contribution < 1.29 is 14.3 Å². The fourth-order valence-corrected chi connectivity index (χ4v) is 4.28. The number of carbonyl (C=O) groups is 2. The van der Waals surface area contributed by atoms with Crippen molar-refractivity contribution >= 4 is 41.1 Å². The third kappa shape index (κ3) is 6.49. The van der Waals surface area contributed by atoms with Crippen molar-refractivity contribution in [2.75, 3.05) is 17.7 Å². The highest BCUT2D eigenvalue weighted by molar-refractivity contribution is 6.32. The number of hydrazine groups is 1. The van der Waals surface area contributed by atoms with E-state index in [0.717, 1.165) is 22.3 Å². The van der Waals surface area contributed by atoms with E-state index in [1.54, 1.807) is 42.7 Å². The van der Waals surface area contributed by atoms with Crippen LogP contribution in [-0.2, 0) is 11.2 Å². The number of hydrogen-bond donors (Lipinski definition) is 4. The molecule has 0 saturated heterocycles. The minimum absolute atomic E-state index is 0.240. The van der Waals surface area contributed by atoms with E-state index < -0.39 is 0 Å². The van der Waals surface area contributed by atoms with Gasteiger partial charge in [0.1, 0.15) is 17.7 Å². The highest BCUT2D eigenvalue weighted by atomic mass is 35.5. The number of pyridine rings is 1. The summed E-state index contributed by atoms with van der Waals surface area (Å²) in [5.74, 6) is 0.923. The van der Waals surface area contributed by atoms with E-state index in [1.165, 1.54) is 18.5 Å². The molecule has 2 aromatic carbocycles. The predicted molar refractivity (Wildman–Crippen MR) is 149 cm³/mol. The molecule has 5 rings (SSSR count). The van der Waals surface area contributed by atoms with Crippen molar-refractivity contribution in [1.29, 1.82) is 0 Å². The van der Waals surface area contributed by atoms with Crippen LogP contribution in [-0.4, -0.2) is 39.4 Å². The maximum Gasteiger partial charge on any atom is 0.269 e. The van der Waals surface area contributed by atoms with E-state index in [0.29, 0.717) is 40.9 Å². The van der Waals surface area contributed by atoms with Gasteiger partial charge < -0.3 is 15.8 Å². The topological polar surface area (TPSA) is 144 Å². The number of nitrogens with zero attached hydrogens (tertiary/aromatic N) is 3. The summed E-state index contributed by atoms with van der Waals surface area (Å²) in [4.78, 5) is 36.7. The second kappa shape index (κ2) is 11.6. The molecule has 0 fully saturated rings. The molecule has 1 atom stereocenters. The monoisotopic (exact) mass is 541 g/mol. The van der Waals surface area contributed by atoms with Crippen molar-refractivity contribution in [2.24, 2.45) is 0 Å². The number of carbonyl (C=O) groups excluding carboxylic acids is 2. The molecule has 0 aliphatic carbocycles. The summed E-state index contributed by atoms with van der Waals surface area (Å²) in [5, 5.41) is 3.34. The van der Waals surface area contributed by atoms with Crippen LogP contribution in [0.4, 0.5) is 11.6 Å². The number of benzene rings is 2. The second-order valence-electron chi connectivity index (χ2n) is 8.73. The number of hydrogen-bond acceptors (Lipinski definition) is 8. The number of nitrogen functional groups attached to an aromatic ring is 1. The summed E-state index contributed by atoms with van der Waals surface area (Å²) in [6, 6.07) is 14.5. The van der Waals surface area contributed by atoms with E-state index in [1.807, 2.05) is 24.3 Å². The first-order valence-electron chi connectivity index (χ1n) is 12.0. The van der Waals surface area contributed by atoms with Crippen LogP contribution in [0.15, 0.2) is 79.4 Å². The summed E-state index contributed by atoms with van der Waals surface area (Å²) in [7, 11) is 0. The Hall–Kier alpha value is -4.96. The fraction of sp³-hybridized carbons (Fsp3) is 0.107. The standard InChI is InChI=1S/C28H24ClN7O3/c29-23-13-20(18-3-5-19(6-4-18)28(38)36-35-25-16-31-9-10-32-25)11-21-12-22(39-27(21)23)15-34-26(37)8-2-17-1-7-24(30)33-14-17/h1-11,13-14,16,22H,12,15H2,(H2,30,33)(H,32,35)(H,34,37)(H,36,38)/b8-2+. The van der Waals surface area contributed by atoms with Gasteiger partial charge >= 0.3 is 0 Å². The Bertz CT molecular complexity index is 1510. The van der Waals surface area contributed by atoms with Gasteiger partial charge in [0, 0.05) is 42.2 Å². The van der Waals surface area contributed by atoms with Gasteiger partial charge in [-0.15, -0.1) is 0 Å². The summed E-state index contributed by atoms with van der Waals surface area (Å²) in [5.41, 5.74) is 14.9. The van der Waals surface area contributed by atoms with Gasteiger partial charge in [-0.2, -0.15) is 0 Å². The first-order valence-corrected chi connectivity index (χ1v) is 12.4. The fourth-order valence-electron chi connectivity index (χ4n) is 4.00. The normalized spacial score (nSPS) is 13.9. The molecule has 2 aromatic heterocycles. The van der Waals surface area contributed by atoms with Crippen LogP contribution in [0.5, 0.6) is 5.75 Å². The molecule has 2 amide bonds. The number of nitrogens with two attached hydrogens (primary N) is 1. The van der Waals surface area contributed by atoms with Gasteiger partial charge in [-0.25, -0.2) is 9.97 Å². The molecule has 39 heavy (non-hydrogen) atoms. The van der Waals surface area contributed by atoms with Crippen molar-refractivity contribution in [3.8, 4) is 16.9 Å². The first-order chi connectivity index (χ1) is 18.9. The van der Waals surface area contributed by atoms with E-state index >= 15 is 0 Å². The molecule has 196 valence electrons. The minimum atomic E-state index is -0.308. The highest BCUT2D eigenvalue weighted by Crippen LogP contribution is 2.39. The number of ether oxygens (including phenoxy) is 1. The maximum atomic E-state index is 12.4. The number of nitrogens with one attached hydrogen (secondary N) is 3. The number of rotatable bonds is 8. The maximum absolute atomic E-state index is 12.4. The molecular weight excluding hydrogens is 518 g/mol. The summed E-state index contributed by atoms with van der Waals surface area (Å²) in [6.07, 6.45) is 9.63. The zero-order chi connectivity index (χ0) is 27.2. The molecule has 0 saturated carbocycles. The molecule has 10 nitrogen and oxygen atoms in total. The zero-order valence-electron chi connectivity index (χ0n) is 20.6. The number of fused-ring (bicyclic) bond motifs is 1. The van der Waals surface area contributed by atoms with Crippen molar-refractivity contribution in [3.63, 3.8) is 0 Å². The quantitative estimate of drug-likeness (QED) is 0.195. The van der Waals surface area contributed by atoms with Crippen LogP contribution < -0.4 is 26.6 Å². The molecule has 4 aromatic rings. The Balaban J connectivity index is 1.17. The zero-order valence-corrected chi connectivity index (χ0v) is 21.4. The molecule has 0 radical (unpaired) electrons. The van der Waals surface area contributed by atoms with Crippen LogP contribution in [0.1, 0.15) is 21.5 Å². The predicted octanol–water partition coefficient (Wildman–Crippen LogP) is 3.66. The Morgan fingerprint density at radius 2 is 1.90 bits per heavy atom. The SMILES string of the molecule is Nc1ccc(/C=C/C(=O)NCC2Cc3cc(-c4ccc(C(=O)NNc5cnccn5)cc4)cc(Cl)c3O2)cn1. The lowest BCUT2D eigenvalue weighted by Crippen LogP contribution is -2.33. The first kappa shape index (κ1) is 25.7. The Morgan fingerprint density at radius 1 is 1.05 bits per heavy atom.